The largest absolute Gasteiger partial charge is 0.462 e. The third-order valence-electron chi connectivity index (χ3n) is 10.2. The van der Waals surface area contributed by atoms with E-state index in [2.05, 4.69) is 13.8 Å². The van der Waals surface area contributed by atoms with Gasteiger partial charge in [0, 0.05) is 12.8 Å². The molecule has 0 aromatic heterocycles. The predicted octanol–water partition coefficient (Wildman–Crippen LogP) is 13.9. The number of hydrogen-bond donors (Lipinski definition) is 1. The van der Waals surface area contributed by atoms with Crippen LogP contribution in [0.25, 0.3) is 0 Å². The quantitative estimate of drug-likeness (QED) is 0.0509. The minimum absolute atomic E-state index is 0.0565. The zero-order valence-electron chi connectivity index (χ0n) is 33.2. The van der Waals surface area contributed by atoms with Crippen LogP contribution in [0.5, 0.6) is 0 Å². The fourth-order valence-corrected chi connectivity index (χ4v) is 6.79. The van der Waals surface area contributed by atoms with E-state index in [1.807, 2.05) is 0 Å². The fraction of sp³-hybridized carbons (Fsp3) is 0.955. The molecule has 0 aliphatic carbocycles. The van der Waals surface area contributed by atoms with E-state index < -0.39 is 6.10 Å². The molecule has 0 unspecified atom stereocenters. The number of carbonyl (C=O) groups excluding carboxylic acids is 2. The van der Waals surface area contributed by atoms with Crippen LogP contribution >= 0.6 is 0 Å². The number of aliphatic hydroxyl groups excluding tert-OH is 1. The van der Waals surface area contributed by atoms with Gasteiger partial charge >= 0.3 is 11.9 Å². The summed E-state index contributed by atoms with van der Waals surface area (Å²) in [7, 11) is 0. The van der Waals surface area contributed by atoms with Crippen molar-refractivity contribution >= 4 is 11.9 Å². The van der Waals surface area contributed by atoms with Crippen molar-refractivity contribution in [3.63, 3.8) is 0 Å². The Labute approximate surface area is 306 Å². The Hall–Kier alpha value is -1.10. The number of hydrogen-bond acceptors (Lipinski definition) is 5. The van der Waals surface area contributed by atoms with Crippen molar-refractivity contribution in [2.45, 2.75) is 258 Å². The predicted molar refractivity (Wildman–Crippen MR) is 210 cm³/mol. The summed E-state index contributed by atoms with van der Waals surface area (Å²) in [6, 6.07) is 0. The van der Waals surface area contributed by atoms with E-state index in [1.54, 1.807) is 0 Å². The fourth-order valence-electron chi connectivity index (χ4n) is 6.79. The lowest BCUT2D eigenvalue weighted by atomic mass is 10.0. The molecule has 49 heavy (non-hydrogen) atoms. The molecule has 0 aromatic carbocycles. The lowest BCUT2D eigenvalue weighted by Crippen LogP contribution is -2.28. The third kappa shape index (κ3) is 39.5. The average molecular weight is 695 g/mol. The van der Waals surface area contributed by atoms with Gasteiger partial charge in [-0.25, -0.2) is 0 Å². The number of carbonyl (C=O) groups is 2. The Bertz CT molecular complexity index is 666. The van der Waals surface area contributed by atoms with Gasteiger partial charge in [-0.2, -0.15) is 0 Å². The van der Waals surface area contributed by atoms with Gasteiger partial charge in [0.05, 0.1) is 6.61 Å². The van der Waals surface area contributed by atoms with E-state index in [4.69, 9.17) is 9.47 Å². The number of esters is 2. The molecule has 5 nitrogen and oxygen atoms in total. The van der Waals surface area contributed by atoms with Gasteiger partial charge in [-0.1, -0.05) is 226 Å². The molecule has 5 heteroatoms. The molecule has 0 amide bonds. The summed E-state index contributed by atoms with van der Waals surface area (Å²) >= 11 is 0. The Kier molecular flexibility index (Phi) is 40.4. The number of rotatable bonds is 41. The molecule has 1 N–H and O–H groups in total. The van der Waals surface area contributed by atoms with E-state index in [1.165, 1.54) is 193 Å². The molecule has 0 heterocycles. The molecule has 0 saturated carbocycles. The lowest BCUT2D eigenvalue weighted by Gasteiger charge is -2.15. The molecule has 0 aliphatic rings. The monoisotopic (exact) mass is 695 g/mol. The molecule has 0 fully saturated rings. The summed E-state index contributed by atoms with van der Waals surface area (Å²) in [6.45, 7) is 4.18. The molecule has 0 radical (unpaired) electrons. The highest BCUT2D eigenvalue weighted by molar-refractivity contribution is 5.70. The first-order valence-electron chi connectivity index (χ1n) is 22.1. The van der Waals surface area contributed by atoms with E-state index in [-0.39, 0.29) is 25.2 Å². The van der Waals surface area contributed by atoms with Gasteiger partial charge < -0.3 is 14.6 Å². The molecular weight excluding hydrogens is 608 g/mol. The van der Waals surface area contributed by atoms with E-state index >= 15 is 0 Å². The minimum atomic E-state index is -0.761. The summed E-state index contributed by atoms with van der Waals surface area (Å²) in [6.07, 6.45) is 46.0. The summed E-state index contributed by atoms with van der Waals surface area (Å²) in [5.74, 6) is -0.571. The van der Waals surface area contributed by atoms with Crippen molar-refractivity contribution in [3.8, 4) is 0 Å². The second kappa shape index (κ2) is 41.3. The van der Waals surface area contributed by atoms with Gasteiger partial charge in [0.2, 0.25) is 0 Å². The highest BCUT2D eigenvalue weighted by atomic mass is 16.6. The standard InChI is InChI=1S/C44H86O5/c1-3-5-7-9-11-13-15-17-19-20-21-22-23-25-27-29-31-33-35-37-39-44(47)49-42(40-45)41-48-43(46)38-36-34-32-30-28-26-24-18-16-14-12-10-8-6-4-2/h42,45H,3-41H2,1-2H3/t42-/m0/s1. The maximum atomic E-state index is 12.2. The van der Waals surface area contributed by atoms with Crippen LogP contribution in [0.15, 0.2) is 0 Å². The molecule has 0 rings (SSSR count). The second-order valence-electron chi connectivity index (χ2n) is 15.1. The van der Waals surface area contributed by atoms with Crippen LogP contribution in [0.4, 0.5) is 0 Å². The second-order valence-corrected chi connectivity index (χ2v) is 15.1. The van der Waals surface area contributed by atoms with Gasteiger partial charge in [0.25, 0.3) is 0 Å². The Morgan fingerprint density at radius 1 is 0.388 bits per heavy atom. The van der Waals surface area contributed by atoms with Gasteiger partial charge in [-0.3, -0.25) is 9.59 Å². The van der Waals surface area contributed by atoms with Crippen LogP contribution in [-0.4, -0.2) is 36.4 Å². The van der Waals surface area contributed by atoms with Gasteiger partial charge in [-0.05, 0) is 12.8 Å². The summed E-state index contributed by atoms with van der Waals surface area (Å²) in [5.41, 5.74) is 0. The van der Waals surface area contributed by atoms with E-state index in [0.717, 1.165) is 32.1 Å². The number of aliphatic hydroxyl groups is 1. The van der Waals surface area contributed by atoms with Crippen molar-refractivity contribution in [1.29, 1.82) is 0 Å². The maximum absolute atomic E-state index is 12.2. The van der Waals surface area contributed by atoms with E-state index in [9.17, 15) is 14.7 Å². The zero-order chi connectivity index (χ0) is 35.7. The molecule has 0 spiro atoms. The molecule has 0 aliphatic heterocycles. The van der Waals surface area contributed by atoms with Crippen LogP contribution in [0.3, 0.4) is 0 Å². The minimum Gasteiger partial charge on any atom is -0.462 e. The first-order valence-corrected chi connectivity index (χ1v) is 22.1. The van der Waals surface area contributed by atoms with Gasteiger partial charge in [-0.15, -0.1) is 0 Å². The first-order chi connectivity index (χ1) is 24.1. The summed E-state index contributed by atoms with van der Waals surface area (Å²) < 4.78 is 10.6. The average Bonchev–Trinajstić information content (AvgIpc) is 3.10. The number of unbranched alkanes of at least 4 members (excludes halogenated alkanes) is 33. The molecule has 1 atom stereocenters. The zero-order valence-corrected chi connectivity index (χ0v) is 33.2. The molecular formula is C44H86O5. The normalized spacial score (nSPS) is 12.0. The van der Waals surface area contributed by atoms with E-state index in [0.29, 0.717) is 12.8 Å². The highest BCUT2D eigenvalue weighted by Gasteiger charge is 2.16. The van der Waals surface area contributed by atoms with Crippen LogP contribution < -0.4 is 0 Å². The molecule has 292 valence electrons. The third-order valence-corrected chi connectivity index (χ3v) is 10.2. The Morgan fingerprint density at radius 2 is 0.633 bits per heavy atom. The van der Waals surface area contributed by atoms with Crippen molar-refractivity contribution in [1.82, 2.24) is 0 Å². The van der Waals surface area contributed by atoms with Crippen molar-refractivity contribution < 1.29 is 24.2 Å². The Balaban J connectivity index is 3.45. The van der Waals surface area contributed by atoms with Crippen molar-refractivity contribution in [2.75, 3.05) is 13.2 Å². The van der Waals surface area contributed by atoms with Gasteiger partial charge in [0.15, 0.2) is 6.10 Å². The molecule has 0 bridgehead atoms. The van der Waals surface area contributed by atoms with Crippen LogP contribution in [0, 0.1) is 0 Å². The van der Waals surface area contributed by atoms with Crippen molar-refractivity contribution in [3.05, 3.63) is 0 Å². The smallest absolute Gasteiger partial charge is 0.306 e. The lowest BCUT2D eigenvalue weighted by molar-refractivity contribution is -0.161. The van der Waals surface area contributed by atoms with Crippen LogP contribution in [0.1, 0.15) is 251 Å². The summed E-state index contributed by atoms with van der Waals surface area (Å²) in [4.78, 5) is 24.3. The molecule has 0 aromatic rings. The van der Waals surface area contributed by atoms with Crippen molar-refractivity contribution in [2.24, 2.45) is 0 Å². The van der Waals surface area contributed by atoms with Crippen LogP contribution in [-0.2, 0) is 19.1 Å². The highest BCUT2D eigenvalue weighted by Crippen LogP contribution is 2.16. The maximum Gasteiger partial charge on any atom is 0.306 e. The SMILES string of the molecule is CCCCCCCCCCCCCCCCCCCCCCC(=O)O[C@@H](CO)COC(=O)CCCCCCCCCCCCCCCCC. The van der Waals surface area contributed by atoms with Gasteiger partial charge in [0.1, 0.15) is 6.61 Å². The Morgan fingerprint density at radius 3 is 0.898 bits per heavy atom. The summed E-state index contributed by atoms with van der Waals surface area (Å²) in [5, 5.41) is 9.58. The van der Waals surface area contributed by atoms with Crippen LogP contribution in [0.2, 0.25) is 0 Å². The number of ether oxygens (including phenoxy) is 2. The topological polar surface area (TPSA) is 72.8 Å². The first kappa shape index (κ1) is 47.9. The molecule has 0 saturated heterocycles.